The molecule has 0 aromatic rings. The molecule has 2 aliphatic rings. The Morgan fingerprint density at radius 3 is 2.71 bits per heavy atom. The van der Waals surface area contributed by atoms with Gasteiger partial charge in [-0.2, -0.15) is 4.31 Å². The van der Waals surface area contributed by atoms with Crippen molar-refractivity contribution in [2.75, 3.05) is 25.4 Å². The Bertz CT molecular complexity index is 296. The van der Waals surface area contributed by atoms with Gasteiger partial charge in [-0.15, -0.1) is 0 Å². The molecule has 0 aromatic carbocycles. The summed E-state index contributed by atoms with van der Waals surface area (Å²) in [5, 5.41) is 3.26. The van der Waals surface area contributed by atoms with Gasteiger partial charge < -0.3 is 5.32 Å². The van der Waals surface area contributed by atoms with Crippen LogP contribution in [-0.4, -0.2) is 44.2 Å². The van der Waals surface area contributed by atoms with Crippen LogP contribution in [-0.2, 0) is 10.0 Å². The zero-order chi connectivity index (χ0) is 10.2. The molecule has 2 saturated heterocycles. The van der Waals surface area contributed by atoms with Crippen molar-refractivity contribution in [3.8, 4) is 0 Å². The Balaban J connectivity index is 2.09. The summed E-state index contributed by atoms with van der Waals surface area (Å²) in [6, 6.07) is 0.207. The molecule has 0 bridgehead atoms. The van der Waals surface area contributed by atoms with Crippen LogP contribution in [0, 0.1) is 5.92 Å². The van der Waals surface area contributed by atoms with Gasteiger partial charge in [0.05, 0.1) is 5.75 Å². The van der Waals surface area contributed by atoms with Crippen LogP contribution in [0.5, 0.6) is 0 Å². The first-order valence-electron chi connectivity index (χ1n) is 5.30. The number of nitrogens with zero attached hydrogens (tertiary/aromatic N) is 1. The average molecular weight is 218 g/mol. The first-order chi connectivity index (χ1) is 6.59. The fourth-order valence-electron chi connectivity index (χ4n) is 2.38. The largest absolute Gasteiger partial charge is 0.315 e. The van der Waals surface area contributed by atoms with Crippen molar-refractivity contribution < 1.29 is 8.42 Å². The summed E-state index contributed by atoms with van der Waals surface area (Å²) < 4.78 is 25.3. The van der Waals surface area contributed by atoms with E-state index in [0.717, 1.165) is 25.9 Å². The highest BCUT2D eigenvalue weighted by molar-refractivity contribution is 7.89. The third-order valence-corrected chi connectivity index (χ3v) is 5.17. The summed E-state index contributed by atoms with van der Waals surface area (Å²) in [6.07, 6.45) is 2.10. The molecule has 2 fully saturated rings. The number of hydrogen-bond donors (Lipinski definition) is 1. The molecule has 1 N–H and O–H groups in total. The van der Waals surface area contributed by atoms with Crippen LogP contribution in [0.25, 0.3) is 0 Å². The number of nitrogens with one attached hydrogen (secondary N) is 1. The minimum absolute atomic E-state index is 0.207. The summed E-state index contributed by atoms with van der Waals surface area (Å²) in [7, 11) is -2.94. The van der Waals surface area contributed by atoms with E-state index in [4.69, 9.17) is 0 Å². The second-order valence-electron chi connectivity index (χ2n) is 4.45. The summed E-state index contributed by atoms with van der Waals surface area (Å²) in [4.78, 5) is 0. The van der Waals surface area contributed by atoms with Crippen LogP contribution in [0.3, 0.4) is 0 Å². The van der Waals surface area contributed by atoms with E-state index in [1.807, 2.05) is 6.92 Å². The van der Waals surface area contributed by atoms with Crippen molar-refractivity contribution in [3.63, 3.8) is 0 Å². The predicted octanol–water partition coefficient (Wildman–Crippen LogP) is 0.0199. The highest BCUT2D eigenvalue weighted by Crippen LogP contribution is 2.24. The van der Waals surface area contributed by atoms with Crippen LogP contribution in [0.15, 0.2) is 0 Å². The molecule has 0 aliphatic carbocycles. The van der Waals surface area contributed by atoms with Gasteiger partial charge in [-0.1, -0.05) is 6.92 Å². The number of rotatable bonds is 1. The lowest BCUT2D eigenvalue weighted by Crippen LogP contribution is -2.46. The van der Waals surface area contributed by atoms with Gasteiger partial charge in [0.2, 0.25) is 10.0 Å². The molecule has 2 atom stereocenters. The van der Waals surface area contributed by atoms with Gasteiger partial charge in [-0.05, 0) is 25.3 Å². The molecule has 0 saturated carbocycles. The molecule has 0 radical (unpaired) electrons. The normalized spacial score (nSPS) is 38.6. The predicted molar refractivity (Wildman–Crippen MR) is 55.5 cm³/mol. The fraction of sp³-hybridized carbons (Fsp3) is 1.00. The van der Waals surface area contributed by atoms with E-state index in [2.05, 4.69) is 5.32 Å². The van der Waals surface area contributed by atoms with Gasteiger partial charge in [0.15, 0.2) is 0 Å². The maximum atomic E-state index is 11.8. The maximum Gasteiger partial charge on any atom is 0.214 e. The zero-order valence-electron chi connectivity index (χ0n) is 8.57. The van der Waals surface area contributed by atoms with E-state index in [1.54, 1.807) is 4.31 Å². The SMILES string of the molecule is CC1CN(C2CCCNC2)S(=O)(=O)C1. The van der Waals surface area contributed by atoms with Gasteiger partial charge in [-0.25, -0.2) is 8.42 Å². The Hall–Kier alpha value is -0.130. The van der Waals surface area contributed by atoms with E-state index < -0.39 is 10.0 Å². The molecule has 0 spiro atoms. The van der Waals surface area contributed by atoms with Crippen LogP contribution in [0.1, 0.15) is 19.8 Å². The van der Waals surface area contributed by atoms with Gasteiger partial charge >= 0.3 is 0 Å². The van der Waals surface area contributed by atoms with Crippen molar-refractivity contribution in [3.05, 3.63) is 0 Å². The Kier molecular flexibility index (Phi) is 2.81. The van der Waals surface area contributed by atoms with Crippen molar-refractivity contribution in [2.45, 2.75) is 25.8 Å². The molecule has 0 aromatic heterocycles. The van der Waals surface area contributed by atoms with E-state index >= 15 is 0 Å². The minimum Gasteiger partial charge on any atom is -0.315 e. The highest BCUT2D eigenvalue weighted by atomic mass is 32.2. The molecule has 2 heterocycles. The molecule has 14 heavy (non-hydrogen) atoms. The van der Waals surface area contributed by atoms with E-state index in [1.165, 1.54) is 0 Å². The summed E-state index contributed by atoms with van der Waals surface area (Å²) >= 11 is 0. The van der Waals surface area contributed by atoms with Crippen molar-refractivity contribution in [2.24, 2.45) is 5.92 Å². The van der Waals surface area contributed by atoms with E-state index in [-0.39, 0.29) is 6.04 Å². The summed E-state index contributed by atoms with van der Waals surface area (Å²) in [5.41, 5.74) is 0. The van der Waals surface area contributed by atoms with Crippen molar-refractivity contribution in [1.29, 1.82) is 0 Å². The third-order valence-electron chi connectivity index (χ3n) is 3.02. The number of sulfonamides is 1. The third kappa shape index (κ3) is 1.94. The number of piperidine rings is 1. The molecular formula is C9H18N2O2S. The second-order valence-corrected chi connectivity index (χ2v) is 6.42. The molecular weight excluding hydrogens is 200 g/mol. The van der Waals surface area contributed by atoms with Crippen LogP contribution < -0.4 is 5.32 Å². The molecule has 4 nitrogen and oxygen atoms in total. The molecule has 5 heteroatoms. The highest BCUT2D eigenvalue weighted by Gasteiger charge is 2.38. The average Bonchev–Trinajstić information content (AvgIpc) is 2.41. The Labute approximate surface area is 85.7 Å². The standard InChI is InChI=1S/C9H18N2O2S/c1-8-6-11(14(12,13)7-8)9-3-2-4-10-5-9/h8-10H,2-7H2,1H3. The smallest absolute Gasteiger partial charge is 0.214 e. The summed E-state index contributed by atoms with van der Waals surface area (Å²) in [6.45, 7) is 4.58. The van der Waals surface area contributed by atoms with Gasteiger partial charge in [0.25, 0.3) is 0 Å². The first kappa shape index (κ1) is 10.4. The quantitative estimate of drug-likeness (QED) is 0.675. The van der Waals surface area contributed by atoms with Crippen molar-refractivity contribution in [1.82, 2.24) is 9.62 Å². The van der Waals surface area contributed by atoms with Crippen molar-refractivity contribution >= 4 is 10.0 Å². The molecule has 0 amide bonds. The second kappa shape index (κ2) is 3.79. The summed E-state index contributed by atoms with van der Waals surface area (Å²) in [5.74, 6) is 0.630. The van der Waals surface area contributed by atoms with Crippen LogP contribution in [0.2, 0.25) is 0 Å². The van der Waals surface area contributed by atoms with Crippen LogP contribution >= 0.6 is 0 Å². The fourth-order valence-corrected chi connectivity index (χ4v) is 4.52. The first-order valence-corrected chi connectivity index (χ1v) is 6.91. The lowest BCUT2D eigenvalue weighted by atomic mass is 10.1. The molecule has 82 valence electrons. The van der Waals surface area contributed by atoms with Gasteiger partial charge in [-0.3, -0.25) is 0 Å². The Morgan fingerprint density at radius 1 is 1.43 bits per heavy atom. The molecule has 2 aliphatic heterocycles. The van der Waals surface area contributed by atoms with Crippen LogP contribution in [0.4, 0.5) is 0 Å². The minimum atomic E-state index is -2.94. The topological polar surface area (TPSA) is 49.4 Å². The van der Waals surface area contributed by atoms with Gasteiger partial charge in [0, 0.05) is 19.1 Å². The van der Waals surface area contributed by atoms with E-state index in [9.17, 15) is 8.42 Å². The molecule has 2 rings (SSSR count). The monoisotopic (exact) mass is 218 g/mol. The maximum absolute atomic E-state index is 11.8. The molecule has 2 unspecified atom stereocenters. The number of hydrogen-bond acceptors (Lipinski definition) is 3. The zero-order valence-corrected chi connectivity index (χ0v) is 9.39. The van der Waals surface area contributed by atoms with E-state index in [0.29, 0.717) is 18.2 Å². The van der Waals surface area contributed by atoms with Gasteiger partial charge in [0.1, 0.15) is 0 Å². The lowest BCUT2D eigenvalue weighted by molar-refractivity contribution is 0.268. The Morgan fingerprint density at radius 2 is 2.21 bits per heavy atom. The lowest BCUT2D eigenvalue weighted by Gasteiger charge is -2.30.